The first-order chi connectivity index (χ1) is 8.29. The molecule has 0 atom stereocenters. The lowest BCUT2D eigenvalue weighted by Gasteiger charge is -2.02. The topological polar surface area (TPSA) is 56.2 Å². The van der Waals surface area contributed by atoms with Crippen molar-refractivity contribution in [2.75, 3.05) is 5.73 Å². The highest BCUT2D eigenvalue weighted by atomic mass is 32.1. The molecule has 2 aromatic heterocycles. The van der Waals surface area contributed by atoms with Crippen molar-refractivity contribution in [3.8, 4) is 11.3 Å². The largest absolute Gasteiger partial charge is 0.399 e. The molecule has 86 valence electrons. The number of anilines is 1. The van der Waals surface area contributed by atoms with Crippen LogP contribution in [0.5, 0.6) is 0 Å². The molecule has 0 aliphatic rings. The number of hydrogen-bond donors (Lipinski definition) is 1. The normalized spacial score (nSPS) is 11.1. The molecule has 0 fully saturated rings. The first kappa shape index (κ1) is 10.3. The third-order valence-electron chi connectivity index (χ3n) is 2.74. The van der Waals surface area contributed by atoms with E-state index in [1.165, 1.54) is 0 Å². The number of benzene rings is 1. The van der Waals surface area contributed by atoms with E-state index < -0.39 is 0 Å². The van der Waals surface area contributed by atoms with E-state index in [0.29, 0.717) is 0 Å². The fourth-order valence-corrected chi connectivity index (χ4v) is 2.72. The van der Waals surface area contributed by atoms with Crippen LogP contribution in [-0.4, -0.2) is 14.6 Å². The zero-order valence-corrected chi connectivity index (χ0v) is 10.2. The van der Waals surface area contributed by atoms with Crippen LogP contribution in [0.2, 0.25) is 0 Å². The average molecular weight is 244 g/mol. The molecule has 4 nitrogen and oxygen atoms in total. The second-order valence-electron chi connectivity index (χ2n) is 3.83. The number of fused-ring (bicyclic) bond motifs is 1. The molecule has 0 aliphatic carbocycles. The van der Waals surface area contributed by atoms with E-state index in [4.69, 9.17) is 5.73 Å². The number of aromatic nitrogens is 3. The summed E-state index contributed by atoms with van der Waals surface area (Å²) in [6, 6.07) is 7.87. The molecule has 0 amide bonds. The summed E-state index contributed by atoms with van der Waals surface area (Å²) in [6.07, 6.45) is 0.875. The van der Waals surface area contributed by atoms with Gasteiger partial charge in [0.1, 0.15) is 5.82 Å². The third kappa shape index (κ3) is 1.59. The van der Waals surface area contributed by atoms with E-state index >= 15 is 0 Å². The summed E-state index contributed by atoms with van der Waals surface area (Å²) in [5.41, 5.74) is 8.75. The summed E-state index contributed by atoms with van der Waals surface area (Å²) in [6.45, 7) is 2.08. The SMILES string of the molecule is CCc1nnc2scc(-c3ccc(N)cc3)n12. The first-order valence-electron chi connectivity index (χ1n) is 5.47. The number of nitrogens with zero attached hydrogens (tertiary/aromatic N) is 3. The Hall–Kier alpha value is -1.88. The van der Waals surface area contributed by atoms with Gasteiger partial charge in [0.15, 0.2) is 0 Å². The molecule has 1 aromatic carbocycles. The van der Waals surface area contributed by atoms with Crippen molar-refractivity contribution in [2.45, 2.75) is 13.3 Å². The monoisotopic (exact) mass is 244 g/mol. The third-order valence-corrected chi connectivity index (χ3v) is 3.56. The van der Waals surface area contributed by atoms with Gasteiger partial charge in [-0.3, -0.25) is 4.40 Å². The second-order valence-corrected chi connectivity index (χ2v) is 4.67. The summed E-state index contributed by atoms with van der Waals surface area (Å²) < 4.78 is 2.11. The highest BCUT2D eigenvalue weighted by Crippen LogP contribution is 2.27. The number of aryl methyl sites for hydroxylation is 1. The van der Waals surface area contributed by atoms with Gasteiger partial charge >= 0.3 is 0 Å². The van der Waals surface area contributed by atoms with Crippen molar-refractivity contribution in [1.29, 1.82) is 0 Å². The predicted molar refractivity (Wildman–Crippen MR) is 70.1 cm³/mol. The lowest BCUT2D eigenvalue weighted by atomic mass is 10.1. The van der Waals surface area contributed by atoms with Crippen molar-refractivity contribution >= 4 is 22.0 Å². The standard InChI is InChI=1S/C12H12N4S/c1-2-11-14-15-12-16(11)10(7-17-12)8-3-5-9(13)6-4-8/h3-7H,2,13H2,1H3. The molecule has 2 N–H and O–H groups in total. The summed E-state index contributed by atoms with van der Waals surface area (Å²) in [5.74, 6) is 0.994. The van der Waals surface area contributed by atoms with Crippen molar-refractivity contribution in [1.82, 2.24) is 14.6 Å². The Labute approximate surface area is 103 Å². The van der Waals surface area contributed by atoms with Gasteiger partial charge in [-0.25, -0.2) is 0 Å². The molecule has 3 rings (SSSR count). The molecule has 0 unspecified atom stereocenters. The molecule has 0 radical (unpaired) electrons. The highest BCUT2D eigenvalue weighted by molar-refractivity contribution is 7.15. The van der Waals surface area contributed by atoms with Crippen LogP contribution in [0.1, 0.15) is 12.7 Å². The molecular weight excluding hydrogens is 232 g/mol. The molecule has 0 bridgehead atoms. The summed E-state index contributed by atoms with van der Waals surface area (Å²) in [4.78, 5) is 0.939. The van der Waals surface area contributed by atoms with Crippen molar-refractivity contribution in [2.24, 2.45) is 0 Å². The maximum Gasteiger partial charge on any atom is 0.216 e. The minimum absolute atomic E-state index is 0.777. The van der Waals surface area contributed by atoms with Gasteiger partial charge < -0.3 is 5.73 Å². The van der Waals surface area contributed by atoms with E-state index in [-0.39, 0.29) is 0 Å². The Kier molecular flexibility index (Phi) is 2.33. The lowest BCUT2D eigenvalue weighted by molar-refractivity contribution is 0.914. The maximum atomic E-state index is 5.70. The molecule has 0 aliphatic heterocycles. The molecule has 17 heavy (non-hydrogen) atoms. The summed E-state index contributed by atoms with van der Waals surface area (Å²) >= 11 is 1.61. The zero-order chi connectivity index (χ0) is 11.8. The lowest BCUT2D eigenvalue weighted by Crippen LogP contribution is -1.93. The Morgan fingerprint density at radius 1 is 1.24 bits per heavy atom. The van der Waals surface area contributed by atoms with Gasteiger partial charge in [-0.15, -0.1) is 21.5 Å². The van der Waals surface area contributed by atoms with Gasteiger partial charge in [0, 0.05) is 17.5 Å². The van der Waals surface area contributed by atoms with Crippen molar-refractivity contribution < 1.29 is 0 Å². The molecular formula is C12H12N4S. The Balaban J connectivity index is 2.22. The number of nitrogens with two attached hydrogens (primary N) is 1. The highest BCUT2D eigenvalue weighted by Gasteiger charge is 2.11. The van der Waals surface area contributed by atoms with Crippen LogP contribution >= 0.6 is 11.3 Å². The number of nitrogen functional groups attached to an aromatic ring is 1. The van der Waals surface area contributed by atoms with Crippen LogP contribution in [-0.2, 0) is 6.42 Å². The van der Waals surface area contributed by atoms with E-state index in [0.717, 1.165) is 34.2 Å². The fourth-order valence-electron chi connectivity index (χ4n) is 1.86. The summed E-state index contributed by atoms with van der Waals surface area (Å²) in [7, 11) is 0. The zero-order valence-electron chi connectivity index (χ0n) is 9.42. The van der Waals surface area contributed by atoms with Gasteiger partial charge in [-0.2, -0.15) is 0 Å². The van der Waals surface area contributed by atoms with Crippen LogP contribution in [0, 0.1) is 0 Å². The van der Waals surface area contributed by atoms with Gasteiger partial charge in [0.05, 0.1) is 5.69 Å². The van der Waals surface area contributed by atoms with Crippen LogP contribution < -0.4 is 5.73 Å². The van der Waals surface area contributed by atoms with Gasteiger partial charge in [-0.05, 0) is 17.7 Å². The molecule has 0 saturated carbocycles. The molecule has 3 aromatic rings. The molecule has 0 spiro atoms. The number of hydrogen-bond acceptors (Lipinski definition) is 4. The number of rotatable bonds is 2. The van der Waals surface area contributed by atoms with Gasteiger partial charge in [0.25, 0.3) is 0 Å². The quantitative estimate of drug-likeness (QED) is 0.705. The smallest absolute Gasteiger partial charge is 0.216 e. The van der Waals surface area contributed by atoms with Gasteiger partial charge in [0.2, 0.25) is 4.96 Å². The van der Waals surface area contributed by atoms with E-state index in [2.05, 4.69) is 26.9 Å². The second kappa shape index (κ2) is 3.85. The van der Waals surface area contributed by atoms with Crippen LogP contribution in [0.3, 0.4) is 0 Å². The van der Waals surface area contributed by atoms with Crippen molar-refractivity contribution in [3.05, 3.63) is 35.5 Å². The van der Waals surface area contributed by atoms with E-state index in [1.54, 1.807) is 11.3 Å². The minimum atomic E-state index is 0.777. The maximum absolute atomic E-state index is 5.70. The number of thiazole rings is 1. The van der Waals surface area contributed by atoms with Gasteiger partial charge in [-0.1, -0.05) is 19.1 Å². The Morgan fingerprint density at radius 3 is 2.71 bits per heavy atom. The summed E-state index contributed by atoms with van der Waals surface area (Å²) in [5, 5.41) is 10.4. The van der Waals surface area contributed by atoms with Crippen LogP contribution in [0.15, 0.2) is 29.6 Å². The van der Waals surface area contributed by atoms with Crippen LogP contribution in [0.25, 0.3) is 16.2 Å². The fraction of sp³-hybridized carbons (Fsp3) is 0.167. The molecule has 5 heteroatoms. The Morgan fingerprint density at radius 2 is 2.00 bits per heavy atom. The first-order valence-corrected chi connectivity index (χ1v) is 6.35. The average Bonchev–Trinajstić information content (AvgIpc) is 2.91. The molecule has 2 heterocycles. The van der Waals surface area contributed by atoms with E-state index in [9.17, 15) is 0 Å². The predicted octanol–water partition coefficient (Wildman–Crippen LogP) is 2.60. The molecule has 0 saturated heterocycles. The van der Waals surface area contributed by atoms with E-state index in [1.807, 2.05) is 24.3 Å². The van der Waals surface area contributed by atoms with Crippen molar-refractivity contribution in [3.63, 3.8) is 0 Å². The Bertz CT molecular complexity index is 651. The van der Waals surface area contributed by atoms with Crippen LogP contribution in [0.4, 0.5) is 5.69 Å². The minimum Gasteiger partial charge on any atom is -0.399 e.